The van der Waals surface area contributed by atoms with Gasteiger partial charge in [0.05, 0.1) is 0 Å². The van der Waals surface area contributed by atoms with Gasteiger partial charge in [-0.2, -0.15) is 18.3 Å². The lowest BCUT2D eigenvalue weighted by Gasteiger charge is -2.04. The number of aromatic nitrogens is 3. The van der Waals surface area contributed by atoms with Gasteiger partial charge in [-0.05, 0) is 19.9 Å². The van der Waals surface area contributed by atoms with Crippen molar-refractivity contribution in [3.63, 3.8) is 0 Å². The maximum Gasteiger partial charge on any atom is 0.435 e. The van der Waals surface area contributed by atoms with Crippen LogP contribution in [0.15, 0.2) is 6.07 Å². The maximum absolute atomic E-state index is 12.6. The summed E-state index contributed by atoms with van der Waals surface area (Å²) in [4.78, 5) is 27.9. The zero-order valence-corrected chi connectivity index (χ0v) is 13.3. The number of Topliss-reactive ketones (excluding diaryl/α,β-unsaturated/α-hetero) is 1. The maximum atomic E-state index is 12.6. The molecule has 1 amide bonds. The van der Waals surface area contributed by atoms with Crippen molar-refractivity contribution in [1.82, 2.24) is 14.8 Å². The molecule has 0 fully saturated rings. The Hall–Kier alpha value is -2.23. The first-order valence-corrected chi connectivity index (χ1v) is 7.29. The van der Waals surface area contributed by atoms with Gasteiger partial charge in [0, 0.05) is 17.5 Å². The lowest BCUT2D eigenvalue weighted by atomic mass is 10.3. The number of hydrogen-bond acceptors (Lipinski definition) is 5. The summed E-state index contributed by atoms with van der Waals surface area (Å²) in [7, 11) is 0. The molecular formula is C13H13F3N4O2S. The monoisotopic (exact) mass is 346 g/mol. The number of anilines is 1. The second kappa shape index (κ2) is 6.11. The largest absolute Gasteiger partial charge is 0.435 e. The zero-order valence-electron chi connectivity index (χ0n) is 12.5. The number of halogens is 3. The number of carbonyl (C=O) groups excluding carboxylic acids is 2. The lowest BCUT2D eigenvalue weighted by molar-refractivity contribution is -0.141. The van der Waals surface area contributed by atoms with E-state index < -0.39 is 17.8 Å². The van der Waals surface area contributed by atoms with Crippen molar-refractivity contribution in [3.05, 3.63) is 28.0 Å². The van der Waals surface area contributed by atoms with Gasteiger partial charge in [0.15, 0.2) is 16.6 Å². The van der Waals surface area contributed by atoms with Gasteiger partial charge in [0.25, 0.3) is 0 Å². The normalized spacial score (nSPS) is 11.6. The quantitative estimate of drug-likeness (QED) is 0.864. The van der Waals surface area contributed by atoms with E-state index in [2.05, 4.69) is 15.4 Å². The number of alkyl halides is 3. The Balaban J connectivity index is 2.10. The SMILES string of the molecule is CC(=O)c1nc(NC(=O)Cn2nc(C(F)(F)F)cc2C)sc1C. The average Bonchev–Trinajstić information content (AvgIpc) is 2.93. The summed E-state index contributed by atoms with van der Waals surface area (Å²) in [6, 6.07) is 0.870. The standard InChI is InChI=1S/C13H13F3N4O2S/c1-6-4-9(13(14,15)16)19-20(6)5-10(22)17-12-18-11(7(2)21)8(3)23-12/h4H,5H2,1-3H3,(H,17,18,22). The number of thiazole rings is 1. The molecule has 2 heterocycles. The van der Waals surface area contributed by atoms with Crippen LogP contribution in [0.1, 0.15) is 33.7 Å². The Morgan fingerprint density at radius 2 is 2.00 bits per heavy atom. The molecular weight excluding hydrogens is 333 g/mol. The molecule has 0 radical (unpaired) electrons. The molecule has 0 spiro atoms. The molecule has 2 aromatic heterocycles. The highest BCUT2D eigenvalue weighted by molar-refractivity contribution is 7.16. The number of hydrogen-bond donors (Lipinski definition) is 1. The summed E-state index contributed by atoms with van der Waals surface area (Å²) in [6.45, 7) is 4.10. The molecule has 0 atom stereocenters. The van der Waals surface area contributed by atoms with E-state index >= 15 is 0 Å². The Morgan fingerprint density at radius 1 is 1.35 bits per heavy atom. The predicted molar refractivity (Wildman–Crippen MR) is 77.5 cm³/mol. The van der Waals surface area contributed by atoms with E-state index in [1.165, 1.54) is 13.8 Å². The highest BCUT2D eigenvalue weighted by Crippen LogP contribution is 2.28. The minimum absolute atomic E-state index is 0.215. The van der Waals surface area contributed by atoms with Crippen LogP contribution < -0.4 is 5.32 Å². The van der Waals surface area contributed by atoms with Crippen LogP contribution >= 0.6 is 11.3 Å². The molecule has 0 aliphatic rings. The van der Waals surface area contributed by atoms with Crippen molar-refractivity contribution in [2.45, 2.75) is 33.5 Å². The molecule has 0 aliphatic carbocycles. The number of rotatable bonds is 4. The number of nitrogens with one attached hydrogen (secondary N) is 1. The number of carbonyl (C=O) groups is 2. The van der Waals surface area contributed by atoms with Gasteiger partial charge in [0.1, 0.15) is 12.2 Å². The lowest BCUT2D eigenvalue weighted by Crippen LogP contribution is -2.20. The molecule has 0 aromatic carbocycles. The Bertz CT molecular complexity index is 764. The van der Waals surface area contributed by atoms with Crippen molar-refractivity contribution < 1.29 is 22.8 Å². The number of amides is 1. The van der Waals surface area contributed by atoms with E-state index in [1.807, 2.05) is 0 Å². The van der Waals surface area contributed by atoms with Gasteiger partial charge < -0.3 is 5.32 Å². The van der Waals surface area contributed by atoms with Crippen molar-refractivity contribution in [1.29, 1.82) is 0 Å². The molecule has 2 aromatic rings. The van der Waals surface area contributed by atoms with E-state index in [9.17, 15) is 22.8 Å². The van der Waals surface area contributed by atoms with E-state index in [0.717, 1.165) is 22.1 Å². The van der Waals surface area contributed by atoms with Gasteiger partial charge in [-0.15, -0.1) is 11.3 Å². The van der Waals surface area contributed by atoms with Crippen LogP contribution in [-0.2, 0) is 17.5 Å². The third-order valence-corrected chi connectivity index (χ3v) is 3.83. The summed E-state index contributed by atoms with van der Waals surface area (Å²) in [5.41, 5.74) is -0.570. The van der Waals surface area contributed by atoms with Gasteiger partial charge in [-0.1, -0.05) is 0 Å². The molecule has 0 unspecified atom stereocenters. The third-order valence-electron chi connectivity index (χ3n) is 2.94. The highest BCUT2D eigenvalue weighted by Gasteiger charge is 2.34. The minimum Gasteiger partial charge on any atom is -0.300 e. The van der Waals surface area contributed by atoms with Crippen LogP contribution in [0.4, 0.5) is 18.3 Å². The van der Waals surface area contributed by atoms with Gasteiger partial charge in [-0.25, -0.2) is 4.98 Å². The summed E-state index contributed by atoms with van der Waals surface area (Å²) < 4.78 is 38.7. The Kier molecular flexibility index (Phi) is 4.55. The van der Waals surface area contributed by atoms with Crippen molar-refractivity contribution in [2.24, 2.45) is 0 Å². The van der Waals surface area contributed by atoms with Crippen molar-refractivity contribution in [2.75, 3.05) is 5.32 Å². The van der Waals surface area contributed by atoms with Crippen LogP contribution in [0.2, 0.25) is 0 Å². The van der Waals surface area contributed by atoms with Crippen LogP contribution in [0.3, 0.4) is 0 Å². The van der Waals surface area contributed by atoms with Gasteiger partial charge >= 0.3 is 6.18 Å². The molecule has 0 bridgehead atoms. The molecule has 124 valence electrons. The average molecular weight is 346 g/mol. The predicted octanol–water partition coefficient (Wildman–Crippen LogP) is 2.82. The fourth-order valence-corrected chi connectivity index (χ4v) is 2.76. The number of nitrogens with zero attached hydrogens (tertiary/aromatic N) is 3. The molecule has 1 N–H and O–H groups in total. The first kappa shape index (κ1) is 17.1. The fourth-order valence-electron chi connectivity index (χ4n) is 1.88. The van der Waals surface area contributed by atoms with Gasteiger partial charge in [-0.3, -0.25) is 14.3 Å². The molecule has 6 nitrogen and oxygen atoms in total. The van der Waals surface area contributed by atoms with Crippen LogP contribution in [0.25, 0.3) is 0 Å². The third kappa shape index (κ3) is 3.95. The second-order valence-electron chi connectivity index (χ2n) is 4.85. The molecule has 23 heavy (non-hydrogen) atoms. The highest BCUT2D eigenvalue weighted by atomic mass is 32.1. The second-order valence-corrected chi connectivity index (χ2v) is 6.06. The molecule has 0 saturated carbocycles. The number of ketones is 1. The van der Waals surface area contributed by atoms with Crippen molar-refractivity contribution >= 4 is 28.2 Å². The summed E-state index contributed by atoms with van der Waals surface area (Å²) in [5.74, 6) is -0.800. The first-order valence-electron chi connectivity index (χ1n) is 6.48. The smallest absolute Gasteiger partial charge is 0.300 e. The Morgan fingerprint density at radius 3 is 2.48 bits per heavy atom. The van der Waals surface area contributed by atoms with E-state index in [4.69, 9.17) is 0 Å². The van der Waals surface area contributed by atoms with E-state index in [-0.39, 0.29) is 28.8 Å². The topological polar surface area (TPSA) is 76.9 Å². The van der Waals surface area contributed by atoms with Crippen LogP contribution in [0.5, 0.6) is 0 Å². The van der Waals surface area contributed by atoms with Crippen molar-refractivity contribution in [3.8, 4) is 0 Å². The summed E-state index contributed by atoms with van der Waals surface area (Å²) >= 11 is 1.12. The summed E-state index contributed by atoms with van der Waals surface area (Å²) in [5, 5.41) is 6.05. The zero-order chi connectivity index (χ0) is 17.4. The van der Waals surface area contributed by atoms with Crippen LogP contribution in [-0.4, -0.2) is 26.5 Å². The molecule has 2 rings (SSSR count). The van der Waals surface area contributed by atoms with E-state index in [0.29, 0.717) is 4.88 Å². The fraction of sp³-hybridized carbons (Fsp3) is 0.385. The summed E-state index contributed by atoms with van der Waals surface area (Å²) in [6.07, 6.45) is -4.56. The Labute approximate surface area is 133 Å². The molecule has 0 saturated heterocycles. The van der Waals surface area contributed by atoms with Crippen LogP contribution in [0, 0.1) is 13.8 Å². The van der Waals surface area contributed by atoms with Gasteiger partial charge in [0.2, 0.25) is 5.91 Å². The first-order chi connectivity index (χ1) is 10.6. The van der Waals surface area contributed by atoms with E-state index in [1.54, 1.807) is 6.92 Å². The minimum atomic E-state index is -4.56. The molecule has 0 aliphatic heterocycles. The number of aryl methyl sites for hydroxylation is 2. The molecule has 10 heteroatoms.